The van der Waals surface area contributed by atoms with Crippen LogP contribution < -0.4 is 5.73 Å². The average Bonchev–Trinajstić information content (AvgIpc) is 2.82. The summed E-state index contributed by atoms with van der Waals surface area (Å²) in [5, 5.41) is 0. The van der Waals surface area contributed by atoms with Gasteiger partial charge in [-0.25, -0.2) is 4.98 Å². The van der Waals surface area contributed by atoms with Crippen LogP contribution >= 0.6 is 12.6 Å². The Morgan fingerprint density at radius 1 is 1.00 bits per heavy atom. The summed E-state index contributed by atoms with van der Waals surface area (Å²) in [6.07, 6.45) is 11.2. The zero-order valence-electron chi connectivity index (χ0n) is 15.4. The molecule has 1 aliphatic rings. The van der Waals surface area contributed by atoms with E-state index in [0.29, 0.717) is 5.82 Å². The van der Waals surface area contributed by atoms with Crippen LogP contribution in [0.1, 0.15) is 28.7 Å². The van der Waals surface area contributed by atoms with Crippen molar-refractivity contribution in [3.63, 3.8) is 0 Å². The Morgan fingerprint density at radius 3 is 2.52 bits per heavy atom. The second-order valence-corrected chi connectivity index (χ2v) is 6.75. The molecule has 3 rings (SSSR count). The van der Waals surface area contributed by atoms with Crippen molar-refractivity contribution in [2.45, 2.75) is 34.1 Å². The fraction of sp³-hybridized carbons (Fsp3) is 0.227. The van der Waals surface area contributed by atoms with Gasteiger partial charge in [0.1, 0.15) is 5.82 Å². The molecule has 1 aromatic heterocycles. The molecular weight excluding hydrogens is 324 g/mol. The van der Waals surface area contributed by atoms with E-state index in [-0.39, 0.29) is 0 Å². The van der Waals surface area contributed by atoms with Crippen LogP contribution in [0.2, 0.25) is 0 Å². The molecule has 0 amide bonds. The number of aryl methyl sites for hydroxylation is 2. The maximum absolute atomic E-state index is 5.84. The third kappa shape index (κ3) is 5.10. The SMILES string of the molecule is Cc1cccc(-c2nc(N)cc(C)c2C)c1C.SC1=CCC=CC=C1. The minimum absolute atomic E-state index is 0.587. The zero-order valence-corrected chi connectivity index (χ0v) is 16.3. The number of hydrogen-bond acceptors (Lipinski definition) is 3. The molecule has 2 aromatic rings. The molecule has 0 atom stereocenters. The number of rotatable bonds is 1. The van der Waals surface area contributed by atoms with Gasteiger partial charge in [-0.15, -0.1) is 12.6 Å². The van der Waals surface area contributed by atoms with E-state index >= 15 is 0 Å². The van der Waals surface area contributed by atoms with Crippen molar-refractivity contribution < 1.29 is 0 Å². The molecule has 0 radical (unpaired) electrons. The average molecular weight is 351 g/mol. The highest BCUT2D eigenvalue weighted by Crippen LogP contribution is 2.29. The minimum atomic E-state index is 0.587. The van der Waals surface area contributed by atoms with Crippen LogP contribution in [0.5, 0.6) is 0 Å². The lowest BCUT2D eigenvalue weighted by Gasteiger charge is -2.13. The van der Waals surface area contributed by atoms with Crippen molar-refractivity contribution in [3.05, 3.63) is 81.8 Å². The van der Waals surface area contributed by atoms with Crippen molar-refractivity contribution in [1.82, 2.24) is 4.98 Å². The number of pyridine rings is 1. The third-order valence-electron chi connectivity index (χ3n) is 4.39. The molecule has 2 N–H and O–H groups in total. The van der Waals surface area contributed by atoms with E-state index in [1.165, 1.54) is 27.8 Å². The molecule has 0 aliphatic heterocycles. The summed E-state index contributed by atoms with van der Waals surface area (Å²) in [6.45, 7) is 8.42. The summed E-state index contributed by atoms with van der Waals surface area (Å²) in [4.78, 5) is 5.53. The normalized spacial score (nSPS) is 12.9. The van der Waals surface area contributed by atoms with E-state index < -0.39 is 0 Å². The molecule has 0 unspecified atom stereocenters. The molecule has 1 aromatic carbocycles. The third-order valence-corrected chi connectivity index (χ3v) is 4.72. The highest BCUT2D eigenvalue weighted by Gasteiger charge is 2.10. The summed E-state index contributed by atoms with van der Waals surface area (Å²) < 4.78 is 0. The molecule has 25 heavy (non-hydrogen) atoms. The van der Waals surface area contributed by atoms with Gasteiger partial charge in [0.2, 0.25) is 0 Å². The first-order valence-electron chi connectivity index (χ1n) is 8.42. The maximum Gasteiger partial charge on any atom is 0.124 e. The monoisotopic (exact) mass is 350 g/mol. The van der Waals surface area contributed by atoms with Crippen LogP contribution in [-0.2, 0) is 0 Å². The number of benzene rings is 1. The van der Waals surface area contributed by atoms with Gasteiger partial charge in [-0.1, -0.05) is 42.5 Å². The van der Waals surface area contributed by atoms with Crippen LogP contribution in [-0.4, -0.2) is 4.98 Å². The molecule has 0 fully saturated rings. The maximum atomic E-state index is 5.84. The van der Waals surface area contributed by atoms with E-state index in [1.807, 2.05) is 24.3 Å². The summed E-state index contributed by atoms with van der Waals surface area (Å²) in [5.74, 6) is 0.587. The predicted octanol–water partition coefficient (Wildman–Crippen LogP) is 5.88. The van der Waals surface area contributed by atoms with Gasteiger partial charge in [-0.2, -0.15) is 0 Å². The fourth-order valence-corrected chi connectivity index (χ4v) is 2.79. The summed E-state index contributed by atoms with van der Waals surface area (Å²) in [7, 11) is 0. The Bertz CT molecular complexity index is 843. The van der Waals surface area contributed by atoms with Crippen LogP contribution in [0, 0.1) is 27.7 Å². The van der Waals surface area contributed by atoms with Gasteiger partial charge in [0.05, 0.1) is 5.69 Å². The predicted molar refractivity (Wildman–Crippen MR) is 113 cm³/mol. The van der Waals surface area contributed by atoms with Crippen molar-refractivity contribution in [1.29, 1.82) is 0 Å². The lowest BCUT2D eigenvalue weighted by Crippen LogP contribution is -1.99. The largest absolute Gasteiger partial charge is 0.384 e. The highest BCUT2D eigenvalue weighted by molar-refractivity contribution is 7.84. The molecule has 0 bridgehead atoms. The summed E-state index contributed by atoms with van der Waals surface area (Å²) >= 11 is 4.16. The van der Waals surface area contributed by atoms with Crippen LogP contribution in [0.3, 0.4) is 0 Å². The zero-order chi connectivity index (χ0) is 18.4. The Kier molecular flexibility index (Phi) is 6.65. The molecular formula is C22H26N2S. The number of hydrogen-bond donors (Lipinski definition) is 2. The molecule has 1 aliphatic carbocycles. The van der Waals surface area contributed by atoms with Gasteiger partial charge >= 0.3 is 0 Å². The van der Waals surface area contributed by atoms with Crippen molar-refractivity contribution in [2.75, 3.05) is 5.73 Å². The van der Waals surface area contributed by atoms with E-state index in [1.54, 1.807) is 0 Å². The van der Waals surface area contributed by atoms with Crippen molar-refractivity contribution in [2.24, 2.45) is 0 Å². The van der Waals surface area contributed by atoms with Crippen LogP contribution in [0.25, 0.3) is 11.3 Å². The molecule has 0 saturated carbocycles. The van der Waals surface area contributed by atoms with Gasteiger partial charge in [0.15, 0.2) is 0 Å². The van der Waals surface area contributed by atoms with E-state index in [0.717, 1.165) is 17.0 Å². The minimum Gasteiger partial charge on any atom is -0.384 e. The van der Waals surface area contributed by atoms with Gasteiger partial charge in [0.25, 0.3) is 0 Å². The first-order chi connectivity index (χ1) is 11.9. The fourth-order valence-electron chi connectivity index (χ4n) is 2.60. The van der Waals surface area contributed by atoms with Gasteiger partial charge < -0.3 is 5.73 Å². The van der Waals surface area contributed by atoms with Crippen molar-refractivity contribution in [3.8, 4) is 11.3 Å². The topological polar surface area (TPSA) is 38.9 Å². The smallest absolute Gasteiger partial charge is 0.124 e. The lowest BCUT2D eigenvalue weighted by molar-refractivity contribution is 1.21. The Labute approximate surface area is 156 Å². The van der Waals surface area contributed by atoms with E-state index in [4.69, 9.17) is 5.73 Å². The van der Waals surface area contributed by atoms with E-state index in [2.05, 4.69) is 75.7 Å². The molecule has 3 heteroatoms. The number of anilines is 1. The first kappa shape index (κ1) is 19.1. The number of aromatic nitrogens is 1. The molecule has 130 valence electrons. The van der Waals surface area contributed by atoms with E-state index in [9.17, 15) is 0 Å². The molecule has 0 saturated heterocycles. The number of nitrogen functional groups attached to an aromatic ring is 1. The molecule has 2 nitrogen and oxygen atoms in total. The van der Waals surface area contributed by atoms with Crippen molar-refractivity contribution >= 4 is 18.4 Å². The Morgan fingerprint density at radius 2 is 1.76 bits per heavy atom. The first-order valence-corrected chi connectivity index (χ1v) is 8.87. The summed E-state index contributed by atoms with van der Waals surface area (Å²) in [5.41, 5.74) is 13.0. The summed E-state index contributed by atoms with van der Waals surface area (Å²) in [6, 6.07) is 8.21. The number of allylic oxidation sites excluding steroid dienone is 5. The van der Waals surface area contributed by atoms with Gasteiger partial charge in [0, 0.05) is 10.5 Å². The van der Waals surface area contributed by atoms with Crippen LogP contribution in [0.15, 0.2) is 59.6 Å². The molecule has 1 heterocycles. The Hall–Kier alpha value is -2.26. The van der Waals surface area contributed by atoms with Crippen LogP contribution in [0.4, 0.5) is 5.82 Å². The Balaban J connectivity index is 0.000000236. The second-order valence-electron chi connectivity index (χ2n) is 6.24. The number of nitrogens with two attached hydrogens (primary N) is 1. The molecule has 0 spiro atoms. The second kappa shape index (κ2) is 8.72. The standard InChI is InChI=1S/C15H18N2.C7H8S/c1-9-6-5-7-13(11(9)3)15-12(4)10(2)8-14(16)17-15;8-7-5-3-1-2-4-6-7/h5-8H,1-4H3,(H2,16,17);1-3,5-6,8H,4H2. The number of nitrogens with zero attached hydrogens (tertiary/aromatic N) is 1. The van der Waals surface area contributed by atoms with Gasteiger partial charge in [-0.3, -0.25) is 0 Å². The quantitative estimate of drug-likeness (QED) is 0.630. The lowest BCUT2D eigenvalue weighted by atomic mass is 9.96. The van der Waals surface area contributed by atoms with Gasteiger partial charge in [-0.05, 0) is 68.5 Å². The number of thiol groups is 1. The highest BCUT2D eigenvalue weighted by atomic mass is 32.1.